The number of nitrogens with one attached hydrogen (secondary N) is 1. The van der Waals surface area contributed by atoms with E-state index in [2.05, 4.69) is 128 Å². The molecule has 0 fully saturated rings. The van der Waals surface area contributed by atoms with Crippen molar-refractivity contribution in [1.29, 1.82) is 0 Å². The van der Waals surface area contributed by atoms with Gasteiger partial charge >= 0.3 is 0 Å². The molecule has 2 heterocycles. The van der Waals surface area contributed by atoms with Gasteiger partial charge in [0.05, 0.1) is 5.52 Å². The molecule has 54 heavy (non-hydrogen) atoms. The Bertz CT molecular complexity index is 2900. The zero-order chi connectivity index (χ0) is 36.4. The van der Waals surface area contributed by atoms with Crippen LogP contribution < -0.4 is 10.9 Å². The summed E-state index contributed by atoms with van der Waals surface area (Å²) in [6, 6.07) is 58.3. The molecular weight excluding hydrogens is 661 g/mol. The first kappa shape index (κ1) is 31.9. The van der Waals surface area contributed by atoms with Crippen LogP contribution in [0.5, 0.6) is 0 Å². The maximum absolute atomic E-state index is 14.0. The SMILES string of the molecule is CC1(C)c2ccccc2-c2c(C3=NC(c4ccc5c(c4)c4ccccc4c(=O)n5-c4ccccc4)NC(c4cccc(-c5ccccc5)c4)=N3)cccc21. The van der Waals surface area contributed by atoms with Crippen LogP contribution in [0.4, 0.5) is 0 Å². The van der Waals surface area contributed by atoms with Crippen LogP contribution in [0.2, 0.25) is 0 Å². The van der Waals surface area contributed by atoms with Crippen LogP contribution in [0.25, 0.3) is 49.6 Å². The van der Waals surface area contributed by atoms with Crippen LogP contribution in [-0.2, 0) is 5.41 Å². The summed E-state index contributed by atoms with van der Waals surface area (Å²) in [4.78, 5) is 24.7. The monoisotopic (exact) mass is 696 g/mol. The number of rotatable bonds is 5. The van der Waals surface area contributed by atoms with Gasteiger partial charge in [-0.3, -0.25) is 9.36 Å². The van der Waals surface area contributed by atoms with Crippen LogP contribution in [0.15, 0.2) is 185 Å². The Kier molecular flexibility index (Phi) is 7.31. The Morgan fingerprint density at radius 2 is 1.22 bits per heavy atom. The van der Waals surface area contributed by atoms with Crippen LogP contribution in [0, 0.1) is 0 Å². The molecule has 258 valence electrons. The molecule has 8 aromatic rings. The third kappa shape index (κ3) is 5.04. The van der Waals surface area contributed by atoms with Gasteiger partial charge in [0.15, 0.2) is 5.84 Å². The van der Waals surface area contributed by atoms with Crippen molar-refractivity contribution >= 4 is 33.3 Å². The Morgan fingerprint density at radius 3 is 2.06 bits per heavy atom. The second kappa shape index (κ2) is 12.4. The highest BCUT2D eigenvalue weighted by atomic mass is 16.1. The second-order valence-electron chi connectivity index (χ2n) is 14.6. The van der Waals surface area contributed by atoms with Crippen molar-refractivity contribution in [3.8, 4) is 27.9 Å². The number of fused-ring (bicyclic) bond motifs is 6. The highest BCUT2D eigenvalue weighted by molar-refractivity contribution is 6.16. The summed E-state index contributed by atoms with van der Waals surface area (Å²) >= 11 is 0. The van der Waals surface area contributed by atoms with E-state index >= 15 is 0 Å². The molecule has 1 unspecified atom stereocenters. The van der Waals surface area contributed by atoms with Crippen LogP contribution >= 0.6 is 0 Å². The molecule has 5 nitrogen and oxygen atoms in total. The lowest BCUT2D eigenvalue weighted by molar-refractivity contribution is 0.660. The highest BCUT2D eigenvalue weighted by Crippen LogP contribution is 2.50. The van der Waals surface area contributed by atoms with Gasteiger partial charge in [-0.15, -0.1) is 0 Å². The number of aliphatic imine (C=N–C) groups is 2. The predicted molar refractivity (Wildman–Crippen MR) is 222 cm³/mol. The van der Waals surface area contributed by atoms with Crippen molar-refractivity contribution < 1.29 is 0 Å². The van der Waals surface area contributed by atoms with Gasteiger partial charge in [-0.1, -0.05) is 147 Å². The van der Waals surface area contributed by atoms with Crippen molar-refractivity contribution in [2.24, 2.45) is 9.98 Å². The molecular formula is C49H36N4O. The standard InChI is InChI=1S/C49H36N4O/c1-49(2)41-25-12-11-23-38(41)44-39(24-14-26-42(44)49)47-51-45(33-18-13-17-32(29-33)31-15-5-3-6-16-31)50-46(52-47)34-27-28-43-40(30-34)36-21-9-10-22-37(36)48(54)53(43)35-19-7-4-8-20-35/h3-30,46H,1-2H3,(H,50,51,52). The molecule has 5 heteroatoms. The first-order valence-electron chi connectivity index (χ1n) is 18.4. The zero-order valence-electron chi connectivity index (χ0n) is 30.0. The van der Waals surface area contributed by atoms with Gasteiger partial charge in [-0.2, -0.15) is 0 Å². The van der Waals surface area contributed by atoms with Gasteiger partial charge in [0, 0.05) is 33.0 Å². The Morgan fingerprint density at radius 1 is 0.574 bits per heavy atom. The number of nitrogens with zero attached hydrogens (tertiary/aromatic N) is 3. The molecule has 0 spiro atoms. The number of amidine groups is 2. The lowest BCUT2D eigenvalue weighted by atomic mass is 9.82. The molecule has 1 atom stereocenters. The number of hydrogen-bond acceptors (Lipinski definition) is 4. The molecule has 7 aromatic carbocycles. The summed E-state index contributed by atoms with van der Waals surface area (Å²) in [7, 11) is 0. The summed E-state index contributed by atoms with van der Waals surface area (Å²) < 4.78 is 1.82. The fourth-order valence-corrected chi connectivity index (χ4v) is 8.41. The fraction of sp³-hybridized carbons (Fsp3) is 0.0816. The minimum atomic E-state index is -0.450. The largest absolute Gasteiger partial charge is 0.344 e. The predicted octanol–water partition coefficient (Wildman–Crippen LogP) is 10.6. The van der Waals surface area contributed by atoms with Gasteiger partial charge in [0.25, 0.3) is 5.56 Å². The lowest BCUT2D eigenvalue weighted by Crippen LogP contribution is -2.33. The second-order valence-corrected chi connectivity index (χ2v) is 14.6. The quantitative estimate of drug-likeness (QED) is 0.182. The van der Waals surface area contributed by atoms with Gasteiger partial charge in [0.1, 0.15) is 12.0 Å². The summed E-state index contributed by atoms with van der Waals surface area (Å²) in [5.41, 5.74) is 11.7. The molecule has 1 aliphatic carbocycles. The summed E-state index contributed by atoms with van der Waals surface area (Å²) in [5.74, 6) is 1.44. The molecule has 1 aliphatic heterocycles. The number of para-hydroxylation sites is 1. The molecule has 2 aliphatic rings. The molecule has 1 N–H and O–H groups in total. The van der Waals surface area contributed by atoms with E-state index in [1.807, 2.05) is 65.2 Å². The summed E-state index contributed by atoms with van der Waals surface area (Å²) in [5, 5.41) is 6.30. The van der Waals surface area contributed by atoms with Crippen LogP contribution in [0.1, 0.15) is 47.8 Å². The van der Waals surface area contributed by atoms with Gasteiger partial charge in [-0.05, 0) is 80.7 Å². The molecule has 0 bridgehead atoms. The van der Waals surface area contributed by atoms with E-state index in [9.17, 15) is 4.79 Å². The van der Waals surface area contributed by atoms with Gasteiger partial charge in [-0.25, -0.2) is 9.98 Å². The van der Waals surface area contributed by atoms with Gasteiger partial charge in [0.2, 0.25) is 0 Å². The number of benzene rings is 7. The third-order valence-electron chi connectivity index (χ3n) is 11.1. The van der Waals surface area contributed by atoms with Crippen molar-refractivity contribution in [3.05, 3.63) is 208 Å². The number of hydrogen-bond donors (Lipinski definition) is 1. The normalized spacial score (nSPS) is 15.6. The molecule has 0 radical (unpaired) electrons. The number of aromatic nitrogens is 1. The average Bonchev–Trinajstić information content (AvgIpc) is 3.47. The Labute approximate surface area is 313 Å². The first-order chi connectivity index (χ1) is 26.5. The van der Waals surface area contributed by atoms with E-state index < -0.39 is 6.17 Å². The minimum absolute atomic E-state index is 0.0398. The third-order valence-corrected chi connectivity index (χ3v) is 11.1. The van der Waals surface area contributed by atoms with E-state index in [4.69, 9.17) is 9.98 Å². The minimum Gasteiger partial charge on any atom is -0.344 e. The average molecular weight is 697 g/mol. The van der Waals surface area contributed by atoms with E-state index in [1.165, 1.54) is 22.3 Å². The van der Waals surface area contributed by atoms with Crippen LogP contribution in [-0.4, -0.2) is 16.2 Å². The van der Waals surface area contributed by atoms with Crippen molar-refractivity contribution in [3.63, 3.8) is 0 Å². The van der Waals surface area contributed by atoms with Crippen molar-refractivity contribution in [1.82, 2.24) is 9.88 Å². The van der Waals surface area contributed by atoms with Crippen LogP contribution in [0.3, 0.4) is 0 Å². The smallest absolute Gasteiger partial charge is 0.263 e. The van der Waals surface area contributed by atoms with Crippen molar-refractivity contribution in [2.45, 2.75) is 25.4 Å². The molecule has 0 saturated carbocycles. The Hall–Kier alpha value is -6.85. The van der Waals surface area contributed by atoms with E-state index in [-0.39, 0.29) is 11.0 Å². The van der Waals surface area contributed by atoms with E-state index in [0.717, 1.165) is 55.6 Å². The van der Waals surface area contributed by atoms with Crippen molar-refractivity contribution in [2.75, 3.05) is 0 Å². The molecule has 10 rings (SSSR count). The summed E-state index contributed by atoms with van der Waals surface area (Å²) in [6.07, 6.45) is -0.450. The Balaban J connectivity index is 1.18. The van der Waals surface area contributed by atoms with E-state index in [0.29, 0.717) is 11.2 Å². The number of pyridine rings is 1. The molecule has 0 amide bonds. The topological polar surface area (TPSA) is 58.8 Å². The fourth-order valence-electron chi connectivity index (χ4n) is 8.41. The van der Waals surface area contributed by atoms with Gasteiger partial charge < -0.3 is 5.32 Å². The van der Waals surface area contributed by atoms with E-state index in [1.54, 1.807) is 0 Å². The highest BCUT2D eigenvalue weighted by Gasteiger charge is 2.37. The lowest BCUT2D eigenvalue weighted by Gasteiger charge is -2.26. The maximum atomic E-state index is 14.0. The molecule has 0 saturated heterocycles. The molecule has 1 aromatic heterocycles. The summed E-state index contributed by atoms with van der Waals surface area (Å²) in [6.45, 7) is 4.60. The zero-order valence-corrected chi connectivity index (χ0v) is 30.0. The maximum Gasteiger partial charge on any atom is 0.263 e. The first-order valence-corrected chi connectivity index (χ1v) is 18.4.